The van der Waals surface area contributed by atoms with Crippen LogP contribution < -0.4 is 0 Å². The van der Waals surface area contributed by atoms with Crippen LogP contribution in [0, 0.1) is 17.7 Å². The summed E-state index contributed by atoms with van der Waals surface area (Å²) in [5.74, 6) is -0.469. The van der Waals surface area contributed by atoms with Crippen LogP contribution in [-0.2, 0) is 0 Å². The number of hydrogen-bond acceptors (Lipinski definition) is 2. The lowest BCUT2D eigenvalue weighted by atomic mass is 9.69. The highest BCUT2D eigenvalue weighted by atomic mass is 35.5. The third-order valence-electron chi connectivity index (χ3n) is 5.38. The van der Waals surface area contributed by atoms with Crippen molar-refractivity contribution >= 4 is 17.5 Å². The van der Waals surface area contributed by atoms with Gasteiger partial charge in [-0.05, 0) is 43.4 Å². The van der Waals surface area contributed by atoms with Crippen LogP contribution in [0.15, 0.2) is 18.2 Å². The van der Waals surface area contributed by atoms with Crippen molar-refractivity contribution in [2.24, 2.45) is 11.8 Å². The molecule has 5 heteroatoms. The van der Waals surface area contributed by atoms with Gasteiger partial charge in [0.2, 0.25) is 0 Å². The lowest BCUT2D eigenvalue weighted by Crippen LogP contribution is -2.44. The molecule has 1 aromatic rings. The Morgan fingerprint density at radius 2 is 2.27 bits per heavy atom. The van der Waals surface area contributed by atoms with Gasteiger partial charge >= 0.3 is 0 Å². The molecule has 0 aromatic heterocycles. The molecule has 1 N–H and O–H groups in total. The summed E-state index contributed by atoms with van der Waals surface area (Å²) in [6, 6.07) is 4.14. The summed E-state index contributed by atoms with van der Waals surface area (Å²) in [5.41, 5.74) is -0.626. The number of halogens is 2. The topological polar surface area (TPSA) is 40.5 Å². The van der Waals surface area contributed by atoms with E-state index in [0.29, 0.717) is 25.4 Å². The summed E-state index contributed by atoms with van der Waals surface area (Å²) in [5, 5.41) is 11.1. The Balaban J connectivity index is 1.81. The van der Waals surface area contributed by atoms with E-state index in [1.807, 2.05) is 6.92 Å². The van der Waals surface area contributed by atoms with E-state index in [9.17, 15) is 14.3 Å². The lowest BCUT2D eigenvalue weighted by molar-refractivity contribution is -0.0609. The van der Waals surface area contributed by atoms with E-state index in [1.54, 1.807) is 4.90 Å². The fraction of sp³-hybridized carbons (Fsp3) is 0.588. The summed E-state index contributed by atoms with van der Waals surface area (Å²) in [4.78, 5) is 14.3. The Morgan fingerprint density at radius 1 is 1.50 bits per heavy atom. The first-order chi connectivity index (χ1) is 10.4. The second-order valence-corrected chi connectivity index (χ2v) is 6.99. The van der Waals surface area contributed by atoms with Crippen molar-refractivity contribution in [3.05, 3.63) is 34.6 Å². The maximum Gasteiger partial charge on any atom is 0.256 e. The number of likely N-dealkylation sites (tertiary alicyclic amines) is 1. The van der Waals surface area contributed by atoms with Crippen molar-refractivity contribution in [3.63, 3.8) is 0 Å². The molecule has 3 rings (SSSR count). The highest BCUT2D eigenvalue weighted by Gasteiger charge is 2.48. The van der Waals surface area contributed by atoms with Gasteiger partial charge in [-0.1, -0.05) is 24.9 Å². The highest BCUT2D eigenvalue weighted by Crippen LogP contribution is 2.44. The maximum absolute atomic E-state index is 14.0. The summed E-state index contributed by atoms with van der Waals surface area (Å²) < 4.78 is 14.0. The third-order valence-corrected chi connectivity index (χ3v) is 5.61. The summed E-state index contributed by atoms with van der Waals surface area (Å²) in [6.07, 6.45) is 3.51. The number of amides is 1. The van der Waals surface area contributed by atoms with Crippen LogP contribution in [0.25, 0.3) is 0 Å². The van der Waals surface area contributed by atoms with Gasteiger partial charge in [0, 0.05) is 24.0 Å². The van der Waals surface area contributed by atoms with E-state index in [4.69, 9.17) is 11.6 Å². The minimum Gasteiger partial charge on any atom is -0.390 e. The molecule has 3 atom stereocenters. The lowest BCUT2D eigenvalue weighted by Gasteiger charge is -2.40. The van der Waals surface area contributed by atoms with Gasteiger partial charge in [-0.15, -0.1) is 0 Å². The first-order valence-corrected chi connectivity index (χ1v) is 8.29. The SMILES string of the molecule is CC[C@@]1(O)CCC[C@@H]2CN(C(=O)c3ccc(Cl)cc3F)C[C@@H]21. The minimum absolute atomic E-state index is 0.0584. The van der Waals surface area contributed by atoms with Crippen molar-refractivity contribution in [1.29, 1.82) is 0 Å². The summed E-state index contributed by atoms with van der Waals surface area (Å²) in [6.45, 7) is 3.11. The Bertz CT molecular complexity index is 594. The number of benzene rings is 1. The van der Waals surface area contributed by atoms with Gasteiger partial charge in [-0.25, -0.2) is 4.39 Å². The molecule has 0 radical (unpaired) electrons. The van der Waals surface area contributed by atoms with Crippen molar-refractivity contribution in [2.75, 3.05) is 13.1 Å². The maximum atomic E-state index is 14.0. The molecule has 0 unspecified atom stereocenters. The molecule has 120 valence electrons. The smallest absolute Gasteiger partial charge is 0.256 e. The number of carbonyl (C=O) groups excluding carboxylic acids is 1. The van der Waals surface area contributed by atoms with E-state index >= 15 is 0 Å². The molecular formula is C17H21ClFNO2. The fourth-order valence-electron chi connectivity index (χ4n) is 4.07. The number of carbonyl (C=O) groups is 1. The molecule has 2 aliphatic rings. The number of rotatable bonds is 2. The first-order valence-electron chi connectivity index (χ1n) is 7.91. The molecule has 2 fully saturated rings. The molecule has 0 bridgehead atoms. The van der Waals surface area contributed by atoms with Crippen molar-refractivity contribution in [1.82, 2.24) is 4.90 Å². The zero-order valence-electron chi connectivity index (χ0n) is 12.7. The monoisotopic (exact) mass is 325 g/mol. The largest absolute Gasteiger partial charge is 0.390 e. The summed E-state index contributed by atoms with van der Waals surface area (Å²) >= 11 is 5.74. The summed E-state index contributed by atoms with van der Waals surface area (Å²) in [7, 11) is 0. The van der Waals surface area contributed by atoms with E-state index in [1.165, 1.54) is 18.2 Å². The molecule has 1 heterocycles. The van der Waals surface area contributed by atoms with E-state index in [0.717, 1.165) is 19.3 Å². The molecule has 1 saturated carbocycles. The predicted octanol–water partition coefficient (Wildman–Crippen LogP) is 3.49. The van der Waals surface area contributed by atoms with Crippen molar-refractivity contribution < 1.29 is 14.3 Å². The van der Waals surface area contributed by atoms with Crippen LogP contribution in [0.3, 0.4) is 0 Å². The van der Waals surface area contributed by atoms with Crippen molar-refractivity contribution in [2.45, 2.75) is 38.2 Å². The second kappa shape index (κ2) is 5.82. The Hall–Kier alpha value is -1.13. The van der Waals surface area contributed by atoms with E-state index in [2.05, 4.69) is 0 Å². The average molecular weight is 326 g/mol. The van der Waals surface area contributed by atoms with E-state index in [-0.39, 0.29) is 22.4 Å². The van der Waals surface area contributed by atoms with Crippen LogP contribution in [0.1, 0.15) is 43.0 Å². The van der Waals surface area contributed by atoms with Gasteiger partial charge in [0.1, 0.15) is 5.82 Å². The van der Waals surface area contributed by atoms with Crippen LogP contribution in [0.2, 0.25) is 5.02 Å². The fourth-order valence-corrected chi connectivity index (χ4v) is 4.23. The van der Waals surface area contributed by atoms with Crippen LogP contribution in [0.5, 0.6) is 0 Å². The molecular weight excluding hydrogens is 305 g/mol. The molecule has 22 heavy (non-hydrogen) atoms. The Labute approximate surface area is 135 Å². The number of hydrogen-bond donors (Lipinski definition) is 1. The van der Waals surface area contributed by atoms with Gasteiger partial charge in [0.25, 0.3) is 5.91 Å². The zero-order chi connectivity index (χ0) is 15.9. The van der Waals surface area contributed by atoms with Crippen LogP contribution in [0.4, 0.5) is 4.39 Å². The molecule has 1 saturated heterocycles. The first kappa shape index (κ1) is 15.8. The van der Waals surface area contributed by atoms with Crippen molar-refractivity contribution in [3.8, 4) is 0 Å². The molecule has 1 aliphatic heterocycles. The molecule has 1 amide bonds. The third kappa shape index (κ3) is 2.63. The predicted molar refractivity (Wildman–Crippen MR) is 83.4 cm³/mol. The molecule has 1 aliphatic carbocycles. The highest BCUT2D eigenvalue weighted by molar-refractivity contribution is 6.30. The van der Waals surface area contributed by atoms with Gasteiger partial charge < -0.3 is 10.0 Å². The van der Waals surface area contributed by atoms with Crippen LogP contribution >= 0.6 is 11.6 Å². The molecule has 1 aromatic carbocycles. The number of nitrogens with zero attached hydrogens (tertiary/aromatic N) is 1. The zero-order valence-corrected chi connectivity index (χ0v) is 13.4. The van der Waals surface area contributed by atoms with Gasteiger partial charge in [-0.2, -0.15) is 0 Å². The standard InChI is InChI=1S/C17H21ClFNO2/c1-2-17(22)7-3-4-11-9-20(10-14(11)17)16(21)13-6-5-12(18)8-15(13)19/h5-6,8,11,14,22H,2-4,7,9-10H2,1H3/t11-,14+,17-/m1/s1. The number of aliphatic hydroxyl groups is 1. The normalized spacial score (nSPS) is 31.2. The Kier molecular flexibility index (Phi) is 4.17. The van der Waals surface area contributed by atoms with Gasteiger partial charge in [0.05, 0.1) is 11.2 Å². The quantitative estimate of drug-likeness (QED) is 0.904. The Morgan fingerprint density at radius 3 is 2.95 bits per heavy atom. The van der Waals surface area contributed by atoms with E-state index < -0.39 is 11.4 Å². The molecule has 0 spiro atoms. The second-order valence-electron chi connectivity index (χ2n) is 6.55. The minimum atomic E-state index is -0.684. The molecule has 3 nitrogen and oxygen atoms in total. The van der Waals surface area contributed by atoms with Gasteiger partial charge in [-0.3, -0.25) is 4.79 Å². The van der Waals surface area contributed by atoms with Gasteiger partial charge in [0.15, 0.2) is 0 Å². The average Bonchev–Trinajstić information content (AvgIpc) is 2.92. The number of fused-ring (bicyclic) bond motifs is 1. The van der Waals surface area contributed by atoms with Crippen LogP contribution in [-0.4, -0.2) is 34.6 Å².